The van der Waals surface area contributed by atoms with Crippen molar-refractivity contribution in [3.8, 4) is 35.2 Å². The van der Waals surface area contributed by atoms with Gasteiger partial charge in [0, 0.05) is 22.3 Å². The molecule has 0 aromatic heterocycles. The number of aromatic hydroxyl groups is 2. The summed E-state index contributed by atoms with van der Waals surface area (Å²) in [6, 6.07) is 22.1. The lowest BCUT2D eigenvalue weighted by Crippen LogP contribution is -2.33. The van der Waals surface area contributed by atoms with Crippen molar-refractivity contribution in [1.82, 2.24) is 0 Å². The number of ether oxygens (including phenoxy) is 1. The van der Waals surface area contributed by atoms with Crippen LogP contribution in [0.4, 0.5) is 0 Å². The molecular weight excluding hydrogens is 673 g/mol. The average molecular weight is 725 g/mol. The number of aromatic carboxylic acids is 1. The number of phenols is 2. The van der Waals surface area contributed by atoms with Gasteiger partial charge < -0.3 is 20.1 Å². The first-order valence-electron chi connectivity index (χ1n) is 18.6. The Balaban J connectivity index is 0.000000208. The van der Waals surface area contributed by atoms with Crippen LogP contribution in [0.3, 0.4) is 0 Å². The molecule has 2 aliphatic carbocycles. The third-order valence-electron chi connectivity index (χ3n) is 11.1. The summed E-state index contributed by atoms with van der Waals surface area (Å²) in [4.78, 5) is 22.8. The summed E-state index contributed by atoms with van der Waals surface area (Å²) >= 11 is 0. The smallest absolute Gasteiger partial charge is 0.341 e. The number of carboxylic acid groups (broad SMARTS) is 1. The first kappa shape index (κ1) is 39.7. The number of carbonyl (C=O) groups is 2. The molecule has 0 saturated carbocycles. The van der Waals surface area contributed by atoms with E-state index < -0.39 is 11.9 Å². The number of hydrogen-bond donors (Lipinski definition) is 3. The molecule has 0 radical (unpaired) electrons. The molecule has 280 valence electrons. The molecule has 0 bridgehead atoms. The molecule has 6 rings (SSSR count). The molecule has 0 aliphatic heterocycles. The van der Waals surface area contributed by atoms with Crippen molar-refractivity contribution in [3.63, 3.8) is 0 Å². The molecule has 6 heteroatoms. The minimum atomic E-state index is -1.15. The van der Waals surface area contributed by atoms with Gasteiger partial charge in [0.15, 0.2) is 0 Å². The average Bonchev–Trinajstić information content (AvgIpc) is 3.11. The molecule has 0 fully saturated rings. The number of phenolic OH excluding ortho intramolecular Hbond substituents is 1. The van der Waals surface area contributed by atoms with Crippen LogP contribution in [0, 0.1) is 23.7 Å². The lowest BCUT2D eigenvalue weighted by atomic mass is 9.63. The second kappa shape index (κ2) is 15.1. The van der Waals surface area contributed by atoms with Crippen LogP contribution in [0.5, 0.6) is 11.5 Å². The van der Waals surface area contributed by atoms with Crippen LogP contribution in [0.25, 0.3) is 0 Å². The van der Waals surface area contributed by atoms with Gasteiger partial charge in [-0.15, -0.1) is 0 Å². The van der Waals surface area contributed by atoms with Crippen LogP contribution >= 0.6 is 0 Å². The molecule has 0 spiro atoms. The number of fused-ring (bicyclic) bond motifs is 2. The van der Waals surface area contributed by atoms with Gasteiger partial charge in [0.2, 0.25) is 0 Å². The van der Waals surface area contributed by atoms with Gasteiger partial charge in [0.1, 0.15) is 22.6 Å². The van der Waals surface area contributed by atoms with Gasteiger partial charge >= 0.3 is 11.9 Å². The predicted molar refractivity (Wildman–Crippen MR) is 215 cm³/mol. The maximum atomic E-state index is 11.8. The van der Waals surface area contributed by atoms with Gasteiger partial charge in [-0.1, -0.05) is 91.2 Å². The Morgan fingerprint density at radius 2 is 0.870 bits per heavy atom. The molecule has 2 aliphatic rings. The zero-order valence-electron chi connectivity index (χ0n) is 33.0. The zero-order valence-corrected chi connectivity index (χ0v) is 33.0. The van der Waals surface area contributed by atoms with Crippen molar-refractivity contribution in [2.24, 2.45) is 0 Å². The fraction of sp³-hybridized carbons (Fsp3) is 0.375. The summed E-state index contributed by atoms with van der Waals surface area (Å²) in [7, 11) is 0. The molecule has 4 aromatic carbocycles. The lowest BCUT2D eigenvalue weighted by molar-refractivity contribution is 0.0522. The van der Waals surface area contributed by atoms with Crippen LogP contribution in [0.2, 0.25) is 0 Å². The second-order valence-corrected chi connectivity index (χ2v) is 17.0. The second-order valence-electron chi connectivity index (χ2n) is 17.0. The molecule has 3 N–H and O–H groups in total. The minimum absolute atomic E-state index is 0.112. The SMILES string of the molecule is CC1(C)CCC(C)(C)c2cc(C#Cc3ccc(C(=O)O)c(O)c3)ccc21.CCOC(=O)c1ccc(C#Cc2ccc3c(c2)C(C)(C)CCC3(C)C)cc1O. The standard InChI is InChI=1S/C25H28O3.C23H24O3/c1-6-28-23(27)19-11-9-18(16-22(19)26)8-7-17-10-12-20-21(15-17)25(4,5)14-13-24(20,2)3;1-22(2)11-12-23(3,4)19-13-15(8-10-18(19)22)5-6-16-7-9-17(21(25)26)20(24)14-16/h9-12,15-16,26H,6,13-14H2,1-5H3;7-10,13-14,24H,11-12H2,1-4H3,(H,25,26). The largest absolute Gasteiger partial charge is 0.507 e. The van der Waals surface area contributed by atoms with Gasteiger partial charge in [-0.2, -0.15) is 0 Å². The molecule has 6 nitrogen and oxygen atoms in total. The Kier molecular flexibility index (Phi) is 11.1. The summed E-state index contributed by atoms with van der Waals surface area (Å²) < 4.78 is 4.93. The van der Waals surface area contributed by atoms with Gasteiger partial charge in [0.05, 0.1) is 6.61 Å². The number of rotatable bonds is 3. The van der Waals surface area contributed by atoms with E-state index in [-0.39, 0.29) is 50.9 Å². The van der Waals surface area contributed by atoms with Crippen molar-refractivity contribution in [2.45, 2.75) is 110 Å². The van der Waals surface area contributed by atoms with Crippen molar-refractivity contribution in [1.29, 1.82) is 0 Å². The van der Waals surface area contributed by atoms with Gasteiger partial charge in [-0.3, -0.25) is 0 Å². The fourth-order valence-electron chi connectivity index (χ4n) is 7.40. The predicted octanol–water partition coefficient (Wildman–Crippen LogP) is 10.2. The highest BCUT2D eigenvalue weighted by Crippen LogP contribution is 2.47. The van der Waals surface area contributed by atoms with E-state index in [4.69, 9.17) is 9.84 Å². The Hall–Kier alpha value is -5.46. The van der Waals surface area contributed by atoms with Crippen molar-refractivity contribution in [3.05, 3.63) is 128 Å². The Morgan fingerprint density at radius 3 is 1.22 bits per heavy atom. The first-order chi connectivity index (χ1) is 25.2. The highest BCUT2D eigenvalue weighted by molar-refractivity contribution is 5.92. The number of carbonyl (C=O) groups excluding carboxylic acids is 1. The summed E-state index contributed by atoms with van der Waals surface area (Å²) in [5.41, 5.74) is 9.32. The van der Waals surface area contributed by atoms with Gasteiger partial charge in [0.25, 0.3) is 0 Å². The van der Waals surface area contributed by atoms with E-state index in [1.807, 2.05) is 6.07 Å². The molecule has 0 heterocycles. The minimum Gasteiger partial charge on any atom is -0.507 e. The maximum Gasteiger partial charge on any atom is 0.341 e. The maximum absolute atomic E-state index is 11.8. The van der Waals surface area contributed by atoms with Crippen molar-refractivity contribution in [2.75, 3.05) is 6.61 Å². The van der Waals surface area contributed by atoms with E-state index in [0.717, 1.165) is 24.0 Å². The molecule has 0 atom stereocenters. The highest BCUT2D eigenvalue weighted by Gasteiger charge is 2.38. The number of benzene rings is 4. The van der Waals surface area contributed by atoms with Crippen molar-refractivity contribution >= 4 is 11.9 Å². The van der Waals surface area contributed by atoms with Crippen LogP contribution < -0.4 is 0 Å². The topological polar surface area (TPSA) is 104 Å². The summed E-state index contributed by atoms with van der Waals surface area (Å²) in [5, 5.41) is 28.9. The van der Waals surface area contributed by atoms with E-state index in [9.17, 15) is 19.8 Å². The normalized spacial score (nSPS) is 16.7. The van der Waals surface area contributed by atoms with Crippen LogP contribution in [-0.4, -0.2) is 33.9 Å². The molecular formula is C48H52O6. The van der Waals surface area contributed by atoms with E-state index in [0.29, 0.717) is 11.1 Å². The third-order valence-corrected chi connectivity index (χ3v) is 11.1. The van der Waals surface area contributed by atoms with Crippen LogP contribution in [0.15, 0.2) is 72.8 Å². The van der Waals surface area contributed by atoms with E-state index in [2.05, 4.69) is 109 Å². The zero-order chi connectivity index (χ0) is 39.6. The highest BCUT2D eigenvalue weighted by atomic mass is 16.5. The third kappa shape index (κ3) is 8.67. The van der Waals surface area contributed by atoms with E-state index >= 15 is 0 Å². The molecule has 0 amide bonds. The summed E-state index contributed by atoms with van der Waals surface area (Å²) in [6.45, 7) is 20.3. The Morgan fingerprint density at radius 1 is 0.537 bits per heavy atom. The lowest BCUT2D eigenvalue weighted by Gasteiger charge is -2.41. The summed E-state index contributed by atoms with van der Waals surface area (Å²) in [5.74, 6) is 10.4. The van der Waals surface area contributed by atoms with Crippen LogP contribution in [-0.2, 0) is 26.4 Å². The summed E-state index contributed by atoms with van der Waals surface area (Å²) in [6.07, 6.45) is 4.67. The molecule has 54 heavy (non-hydrogen) atoms. The Labute approximate surface area is 320 Å². The molecule has 0 unspecified atom stereocenters. The monoisotopic (exact) mass is 724 g/mol. The van der Waals surface area contributed by atoms with E-state index in [1.165, 1.54) is 53.3 Å². The number of carboxylic acids is 1. The quantitative estimate of drug-likeness (QED) is 0.144. The Bertz CT molecular complexity index is 2230. The van der Waals surface area contributed by atoms with E-state index in [1.54, 1.807) is 25.1 Å². The van der Waals surface area contributed by atoms with Gasteiger partial charge in [-0.05, 0) is 137 Å². The number of esters is 1. The molecule has 4 aromatic rings. The van der Waals surface area contributed by atoms with Gasteiger partial charge in [-0.25, -0.2) is 9.59 Å². The number of hydrogen-bond acceptors (Lipinski definition) is 5. The fourth-order valence-corrected chi connectivity index (χ4v) is 7.40. The van der Waals surface area contributed by atoms with Crippen molar-refractivity contribution < 1.29 is 29.6 Å². The first-order valence-corrected chi connectivity index (χ1v) is 18.6. The van der Waals surface area contributed by atoms with Crippen LogP contribution in [0.1, 0.15) is 153 Å². The molecule has 0 saturated heterocycles.